The zero-order valence-electron chi connectivity index (χ0n) is 14.7. The number of anilines is 2. The van der Waals surface area contributed by atoms with Gasteiger partial charge in [0, 0.05) is 22.8 Å². The third-order valence-corrected chi connectivity index (χ3v) is 4.39. The van der Waals surface area contributed by atoms with Gasteiger partial charge in [-0.15, -0.1) is 0 Å². The van der Waals surface area contributed by atoms with Crippen molar-refractivity contribution in [1.29, 1.82) is 0 Å². The molecule has 0 atom stereocenters. The highest BCUT2D eigenvalue weighted by Gasteiger charge is 2.37. The normalized spacial score (nSPS) is 13.4. The average molecular weight is 363 g/mol. The Kier molecular flexibility index (Phi) is 3.88. The van der Waals surface area contributed by atoms with Gasteiger partial charge in [0.1, 0.15) is 0 Å². The van der Waals surface area contributed by atoms with Crippen LogP contribution in [0.1, 0.15) is 34.6 Å². The van der Waals surface area contributed by atoms with E-state index in [0.717, 1.165) is 10.9 Å². The van der Waals surface area contributed by atoms with E-state index in [2.05, 4.69) is 20.8 Å². The number of carbonyl (C=O) groups is 3. The molecule has 4 rings (SSSR count). The lowest BCUT2D eigenvalue weighted by Gasteiger charge is -2.17. The summed E-state index contributed by atoms with van der Waals surface area (Å²) in [6, 6.07) is 9.39. The SMILES string of the molecule is CC(C)N1C(=O)c2ccc(NC(=O)Nc3ccc4cn[nH]c4c3)cc2C1=O. The standard InChI is InChI=1S/C19H17N5O3/c1-10(2)24-17(25)14-6-5-12(7-15(14)18(24)26)21-19(27)22-13-4-3-11-9-20-23-16(11)8-13/h3-10H,1-2H3,(H,20,23)(H2,21,22,27). The second kappa shape index (κ2) is 6.24. The zero-order chi connectivity index (χ0) is 19.1. The summed E-state index contributed by atoms with van der Waals surface area (Å²) in [5.74, 6) is -0.660. The number of benzene rings is 2. The Morgan fingerprint density at radius 1 is 1.00 bits per heavy atom. The van der Waals surface area contributed by atoms with Crippen molar-refractivity contribution in [2.24, 2.45) is 0 Å². The number of amides is 4. The van der Waals surface area contributed by atoms with Crippen LogP contribution < -0.4 is 10.6 Å². The van der Waals surface area contributed by atoms with E-state index in [1.165, 1.54) is 11.0 Å². The molecule has 0 saturated heterocycles. The van der Waals surface area contributed by atoms with Crippen LogP contribution in [0.15, 0.2) is 42.6 Å². The first-order valence-electron chi connectivity index (χ1n) is 8.47. The number of aromatic amines is 1. The maximum atomic E-state index is 12.4. The minimum absolute atomic E-state index is 0.227. The monoisotopic (exact) mass is 363 g/mol. The van der Waals surface area contributed by atoms with E-state index in [1.807, 2.05) is 6.07 Å². The summed E-state index contributed by atoms with van der Waals surface area (Å²) in [4.78, 5) is 38.2. The number of rotatable bonds is 3. The Balaban J connectivity index is 1.51. The predicted molar refractivity (Wildman–Crippen MR) is 101 cm³/mol. The third-order valence-electron chi connectivity index (χ3n) is 4.39. The first kappa shape index (κ1) is 16.8. The molecule has 3 N–H and O–H groups in total. The fourth-order valence-corrected chi connectivity index (χ4v) is 3.11. The van der Waals surface area contributed by atoms with Crippen LogP contribution in [0.4, 0.5) is 16.2 Å². The molecule has 0 spiro atoms. The van der Waals surface area contributed by atoms with Gasteiger partial charge in [0.05, 0.1) is 22.8 Å². The lowest BCUT2D eigenvalue weighted by atomic mass is 10.1. The van der Waals surface area contributed by atoms with Crippen molar-refractivity contribution in [3.05, 3.63) is 53.7 Å². The molecule has 1 aliphatic heterocycles. The minimum atomic E-state index is -0.452. The Morgan fingerprint density at radius 3 is 2.41 bits per heavy atom. The molecule has 1 aliphatic rings. The lowest BCUT2D eigenvalue weighted by molar-refractivity contribution is 0.0609. The van der Waals surface area contributed by atoms with Crippen LogP contribution in [-0.4, -0.2) is 39.0 Å². The molecule has 0 radical (unpaired) electrons. The molecule has 0 fully saturated rings. The number of hydrogen-bond donors (Lipinski definition) is 3. The molecular formula is C19H17N5O3. The van der Waals surface area contributed by atoms with Gasteiger partial charge in [0.15, 0.2) is 0 Å². The number of nitrogens with zero attached hydrogens (tertiary/aromatic N) is 2. The lowest BCUT2D eigenvalue weighted by Crippen LogP contribution is -2.35. The molecule has 2 heterocycles. The number of nitrogens with one attached hydrogen (secondary N) is 3. The Bertz CT molecular complexity index is 1090. The number of imide groups is 1. The highest BCUT2D eigenvalue weighted by atomic mass is 16.2. The van der Waals surface area contributed by atoms with Crippen LogP contribution >= 0.6 is 0 Å². The van der Waals surface area contributed by atoms with Crippen molar-refractivity contribution in [2.45, 2.75) is 19.9 Å². The minimum Gasteiger partial charge on any atom is -0.308 e. The summed E-state index contributed by atoms with van der Waals surface area (Å²) < 4.78 is 0. The number of carbonyl (C=O) groups excluding carboxylic acids is 3. The van der Waals surface area contributed by atoms with Gasteiger partial charge in [-0.1, -0.05) is 0 Å². The number of aromatic nitrogens is 2. The quantitative estimate of drug-likeness (QED) is 0.621. The van der Waals surface area contributed by atoms with Crippen molar-refractivity contribution in [3.8, 4) is 0 Å². The van der Waals surface area contributed by atoms with E-state index < -0.39 is 6.03 Å². The highest BCUT2D eigenvalue weighted by Crippen LogP contribution is 2.27. The Morgan fingerprint density at radius 2 is 1.67 bits per heavy atom. The van der Waals surface area contributed by atoms with E-state index in [1.54, 1.807) is 44.3 Å². The van der Waals surface area contributed by atoms with Gasteiger partial charge >= 0.3 is 6.03 Å². The smallest absolute Gasteiger partial charge is 0.308 e. The molecule has 2 aromatic carbocycles. The van der Waals surface area contributed by atoms with Gasteiger partial charge in [-0.3, -0.25) is 19.6 Å². The predicted octanol–water partition coefficient (Wildman–Crippen LogP) is 3.21. The molecule has 3 aromatic rings. The van der Waals surface area contributed by atoms with Crippen LogP contribution in [0.2, 0.25) is 0 Å². The number of H-pyrrole nitrogens is 1. The summed E-state index contributed by atoms with van der Waals surface area (Å²) in [6.45, 7) is 3.57. The molecule has 136 valence electrons. The van der Waals surface area contributed by atoms with Crippen LogP contribution in [0, 0.1) is 0 Å². The number of urea groups is 1. The van der Waals surface area contributed by atoms with Gasteiger partial charge in [0.25, 0.3) is 11.8 Å². The first-order valence-corrected chi connectivity index (χ1v) is 8.47. The average Bonchev–Trinajstić information content (AvgIpc) is 3.17. The van der Waals surface area contributed by atoms with Gasteiger partial charge in [-0.05, 0) is 50.2 Å². The fourth-order valence-electron chi connectivity index (χ4n) is 3.11. The summed E-state index contributed by atoms with van der Waals surface area (Å²) in [5, 5.41) is 13.1. The summed E-state index contributed by atoms with van der Waals surface area (Å²) in [6.07, 6.45) is 1.70. The number of hydrogen-bond acceptors (Lipinski definition) is 4. The number of fused-ring (bicyclic) bond motifs is 2. The molecule has 27 heavy (non-hydrogen) atoms. The van der Waals surface area contributed by atoms with E-state index >= 15 is 0 Å². The van der Waals surface area contributed by atoms with Gasteiger partial charge in [-0.25, -0.2) is 4.79 Å². The third kappa shape index (κ3) is 2.91. The van der Waals surface area contributed by atoms with Crippen molar-refractivity contribution in [1.82, 2.24) is 15.1 Å². The second-order valence-electron chi connectivity index (χ2n) is 6.59. The second-order valence-corrected chi connectivity index (χ2v) is 6.59. The van der Waals surface area contributed by atoms with Gasteiger partial charge in [0.2, 0.25) is 0 Å². The summed E-state index contributed by atoms with van der Waals surface area (Å²) in [7, 11) is 0. The van der Waals surface area contributed by atoms with Crippen molar-refractivity contribution < 1.29 is 14.4 Å². The summed E-state index contributed by atoms with van der Waals surface area (Å²) >= 11 is 0. The van der Waals surface area contributed by atoms with E-state index in [4.69, 9.17) is 0 Å². The summed E-state index contributed by atoms with van der Waals surface area (Å²) in [5.41, 5.74) is 2.49. The Hall–Kier alpha value is -3.68. The highest BCUT2D eigenvalue weighted by molar-refractivity contribution is 6.22. The van der Waals surface area contributed by atoms with Crippen LogP contribution in [-0.2, 0) is 0 Å². The maximum absolute atomic E-state index is 12.4. The molecule has 1 aromatic heterocycles. The molecular weight excluding hydrogens is 346 g/mol. The molecule has 8 nitrogen and oxygen atoms in total. The van der Waals surface area contributed by atoms with E-state index in [9.17, 15) is 14.4 Å². The fraction of sp³-hybridized carbons (Fsp3) is 0.158. The van der Waals surface area contributed by atoms with Crippen LogP contribution in [0.25, 0.3) is 10.9 Å². The van der Waals surface area contributed by atoms with Gasteiger partial charge < -0.3 is 10.6 Å². The Labute approximate surface area is 154 Å². The van der Waals surface area contributed by atoms with Gasteiger partial charge in [-0.2, -0.15) is 5.10 Å². The van der Waals surface area contributed by atoms with Crippen molar-refractivity contribution in [2.75, 3.05) is 10.6 Å². The van der Waals surface area contributed by atoms with Crippen LogP contribution in [0.3, 0.4) is 0 Å². The first-order chi connectivity index (χ1) is 12.9. The zero-order valence-corrected chi connectivity index (χ0v) is 14.7. The topological polar surface area (TPSA) is 107 Å². The maximum Gasteiger partial charge on any atom is 0.323 e. The van der Waals surface area contributed by atoms with Crippen molar-refractivity contribution >= 4 is 40.1 Å². The molecule has 0 aliphatic carbocycles. The van der Waals surface area contributed by atoms with E-state index in [0.29, 0.717) is 22.5 Å². The van der Waals surface area contributed by atoms with Crippen LogP contribution in [0.5, 0.6) is 0 Å². The van der Waals surface area contributed by atoms with E-state index in [-0.39, 0.29) is 17.9 Å². The molecule has 0 bridgehead atoms. The molecule has 4 amide bonds. The molecule has 0 saturated carbocycles. The largest absolute Gasteiger partial charge is 0.323 e. The van der Waals surface area contributed by atoms with Crippen molar-refractivity contribution in [3.63, 3.8) is 0 Å². The molecule has 0 unspecified atom stereocenters. The molecule has 8 heteroatoms.